The highest BCUT2D eigenvalue weighted by molar-refractivity contribution is 9.10. The van der Waals surface area contributed by atoms with Gasteiger partial charge in [-0.2, -0.15) is 0 Å². The summed E-state index contributed by atoms with van der Waals surface area (Å²) >= 11 is 3.56. The van der Waals surface area contributed by atoms with Crippen LogP contribution in [0.2, 0.25) is 0 Å². The maximum Gasteiger partial charge on any atom is 0.0541 e. The van der Waals surface area contributed by atoms with Crippen LogP contribution in [-0.2, 0) is 6.42 Å². The monoisotopic (exact) mass is 1560 g/mol. The molecule has 0 atom stereocenters. The van der Waals surface area contributed by atoms with Crippen LogP contribution in [0.15, 0.2) is 466 Å². The number of fused-ring (bicyclic) bond motifs is 10. The molecule has 4 heteroatoms. The Morgan fingerprint density at radius 1 is 0.188 bits per heavy atom. The average Bonchev–Trinajstić information content (AvgIpc) is 1.73. The number of aromatic nitrogens is 1. The van der Waals surface area contributed by atoms with Crippen molar-refractivity contribution < 1.29 is 0 Å². The van der Waals surface area contributed by atoms with Crippen molar-refractivity contribution in [3.8, 4) is 83.6 Å². The van der Waals surface area contributed by atoms with Crippen LogP contribution in [0.4, 0.5) is 34.1 Å². The highest BCUT2D eigenvalue weighted by Gasteiger charge is 2.23. The smallest absolute Gasteiger partial charge is 0.0541 e. The van der Waals surface area contributed by atoms with Gasteiger partial charge in [0.2, 0.25) is 0 Å². The number of anilines is 6. The lowest BCUT2D eigenvalue weighted by molar-refractivity contribution is 1.18. The fourth-order valence-corrected chi connectivity index (χ4v) is 17.9. The van der Waals surface area contributed by atoms with E-state index < -0.39 is 0 Å². The first-order chi connectivity index (χ1) is 58.0. The van der Waals surface area contributed by atoms with E-state index in [-0.39, 0.29) is 0 Å². The fourth-order valence-electron chi connectivity index (χ4n) is 17.6. The number of nitrogens with zero attached hydrogens (tertiary/aromatic N) is 3. The molecule has 3 nitrogen and oxygen atoms in total. The lowest BCUT2D eigenvalue weighted by atomic mass is 9.86. The van der Waals surface area contributed by atoms with Gasteiger partial charge >= 0.3 is 0 Å². The molecule has 0 radical (unpaired) electrons. The molecule has 1 aromatic heterocycles. The summed E-state index contributed by atoms with van der Waals surface area (Å²) in [6.45, 7) is 0. The predicted molar refractivity (Wildman–Crippen MR) is 502 cm³/mol. The first-order valence-corrected chi connectivity index (χ1v) is 40.9. The Balaban J connectivity index is 0.000000125. The van der Waals surface area contributed by atoms with Gasteiger partial charge in [-0.15, -0.1) is 0 Å². The molecular weight excluding hydrogens is 1480 g/mol. The van der Waals surface area contributed by atoms with E-state index in [1.165, 1.54) is 154 Å². The molecule has 0 amide bonds. The Morgan fingerprint density at radius 2 is 0.470 bits per heavy atom. The molecule has 552 valence electrons. The first kappa shape index (κ1) is 71.4. The van der Waals surface area contributed by atoms with Gasteiger partial charge < -0.3 is 14.4 Å². The number of hydrogen-bond donors (Lipinski definition) is 0. The Bertz CT molecular complexity index is 6960. The molecular formula is C113H78BrN3. The van der Waals surface area contributed by atoms with Crippen LogP contribution in [0, 0.1) is 0 Å². The number of halogens is 1. The van der Waals surface area contributed by atoms with E-state index >= 15 is 0 Å². The summed E-state index contributed by atoms with van der Waals surface area (Å²) in [4.78, 5) is 4.60. The van der Waals surface area contributed by atoms with Crippen molar-refractivity contribution in [2.45, 2.75) is 6.42 Å². The molecule has 1 heterocycles. The van der Waals surface area contributed by atoms with Gasteiger partial charge in [-0.1, -0.05) is 356 Å². The van der Waals surface area contributed by atoms with E-state index in [0.29, 0.717) is 0 Å². The van der Waals surface area contributed by atoms with Crippen LogP contribution in [-0.4, -0.2) is 4.57 Å². The van der Waals surface area contributed by atoms with Crippen LogP contribution in [0.1, 0.15) is 11.1 Å². The van der Waals surface area contributed by atoms with E-state index in [0.717, 1.165) is 50.7 Å². The van der Waals surface area contributed by atoms with Crippen LogP contribution in [0.3, 0.4) is 0 Å². The van der Waals surface area contributed by atoms with Gasteiger partial charge in [-0.3, -0.25) is 0 Å². The van der Waals surface area contributed by atoms with Crippen LogP contribution in [0.5, 0.6) is 0 Å². The van der Waals surface area contributed by atoms with Gasteiger partial charge in [0.05, 0.1) is 11.0 Å². The molecule has 20 aromatic carbocycles. The highest BCUT2D eigenvalue weighted by atomic mass is 79.9. The van der Waals surface area contributed by atoms with Crippen molar-refractivity contribution >= 4 is 115 Å². The molecule has 0 unspecified atom stereocenters. The quantitative estimate of drug-likeness (QED) is 0.107. The Kier molecular flexibility index (Phi) is 19.3. The topological polar surface area (TPSA) is 11.4 Å². The van der Waals surface area contributed by atoms with Gasteiger partial charge in [-0.25, -0.2) is 0 Å². The molecule has 21 aromatic rings. The van der Waals surface area contributed by atoms with E-state index in [4.69, 9.17) is 0 Å². The van der Waals surface area contributed by atoms with E-state index in [1.54, 1.807) is 0 Å². The summed E-state index contributed by atoms with van der Waals surface area (Å²) in [7, 11) is 0. The zero-order valence-electron chi connectivity index (χ0n) is 64.3. The molecule has 117 heavy (non-hydrogen) atoms. The zero-order valence-corrected chi connectivity index (χ0v) is 65.9. The molecule has 0 bridgehead atoms. The molecule has 0 spiro atoms. The third kappa shape index (κ3) is 13.8. The second-order valence-electron chi connectivity index (χ2n) is 29.9. The van der Waals surface area contributed by atoms with Crippen molar-refractivity contribution in [2.75, 3.05) is 9.80 Å². The highest BCUT2D eigenvalue weighted by Crippen LogP contribution is 2.48. The molecule has 0 saturated heterocycles. The second-order valence-corrected chi connectivity index (χ2v) is 30.8. The average molecular weight is 1560 g/mol. The van der Waals surface area contributed by atoms with E-state index in [1.807, 2.05) is 0 Å². The third-order valence-corrected chi connectivity index (χ3v) is 23.5. The van der Waals surface area contributed by atoms with Gasteiger partial charge in [-0.05, 0) is 260 Å². The summed E-state index contributed by atoms with van der Waals surface area (Å²) < 4.78 is 3.51. The lowest BCUT2D eigenvalue weighted by Crippen LogP contribution is -2.09. The standard InChI is InChI=1S/C56H38N2.C31H23N.C26H17Br/c1-4-16-40(17-5-1)55-48-23-10-12-25-50(48)56(51-26-13-11-24-49(51)55)41-30-35-46(36-31-41)58-53-27-15-14-22-47(53)52-38-42(32-37-54(52)58)39-28-33-45(34-29-39)57(43-18-6-2-7-19-43)44-20-8-3-9-21-44;1-3-10-27(11-4-1)32(28-12-5-2-6-13-28)29-19-17-23(18-20-29)24-15-16-26-21-25-9-7-8-14-30(25)31(26)22-24;27-20-16-14-19(15-17-20)26-23-12-6-4-10-21(23)25(18-8-2-1-3-9-18)22-11-5-7-13-24(22)26/h1-38H;1-20,22H,21H2;1-17H. The minimum atomic E-state index is 1.04. The number of para-hydroxylation sites is 5. The largest absolute Gasteiger partial charge is 0.311 e. The minimum absolute atomic E-state index is 1.04. The SMILES string of the molecule is Brc1ccc(-c2c3ccccc3c(-c3ccccc3)c3ccccc23)cc1.c1ccc(-c2c3ccccc3c(-c3ccc(-n4c5ccccc5c5cc(-c6ccc(N(c7ccccc7)c7ccccc7)cc6)ccc54)cc3)c3ccccc23)cc1.c1ccc(N(c2ccccc2)c2ccc(-c3ccc4c(c3)-c3ccccc3C4)cc2)cc1. The molecule has 0 N–H and O–H groups in total. The molecule has 1 aliphatic rings. The number of hydrogen-bond acceptors (Lipinski definition) is 2. The van der Waals surface area contributed by atoms with E-state index in [2.05, 4.69) is 491 Å². The second kappa shape index (κ2) is 31.7. The normalized spacial score (nSPS) is 11.4. The predicted octanol–water partition coefficient (Wildman–Crippen LogP) is 32.0. The first-order valence-electron chi connectivity index (χ1n) is 40.1. The molecule has 0 aliphatic heterocycles. The van der Waals surface area contributed by atoms with Crippen molar-refractivity contribution in [1.29, 1.82) is 0 Å². The molecule has 0 fully saturated rings. The van der Waals surface area contributed by atoms with Crippen molar-refractivity contribution in [1.82, 2.24) is 4.57 Å². The van der Waals surface area contributed by atoms with E-state index in [9.17, 15) is 0 Å². The summed E-state index contributed by atoms with van der Waals surface area (Å²) in [6.07, 6.45) is 1.04. The number of rotatable bonds is 13. The Hall–Kier alpha value is -14.7. The minimum Gasteiger partial charge on any atom is -0.311 e. The molecule has 22 rings (SSSR count). The fraction of sp³-hybridized carbons (Fsp3) is 0.00885. The lowest BCUT2D eigenvalue weighted by Gasteiger charge is -2.25. The summed E-state index contributed by atoms with van der Waals surface area (Å²) in [5.74, 6) is 0. The van der Waals surface area contributed by atoms with Crippen LogP contribution in [0.25, 0.3) is 148 Å². The molecule has 1 aliphatic carbocycles. The number of benzene rings is 20. The van der Waals surface area contributed by atoms with Gasteiger partial charge in [0.15, 0.2) is 0 Å². The maximum atomic E-state index is 3.56. The van der Waals surface area contributed by atoms with Crippen LogP contribution < -0.4 is 9.80 Å². The third-order valence-electron chi connectivity index (χ3n) is 23.0. The van der Waals surface area contributed by atoms with Gasteiger partial charge in [0.25, 0.3) is 0 Å². The van der Waals surface area contributed by atoms with Crippen molar-refractivity contribution in [3.63, 3.8) is 0 Å². The Labute approximate surface area is 690 Å². The van der Waals surface area contributed by atoms with Gasteiger partial charge in [0.1, 0.15) is 0 Å². The summed E-state index contributed by atoms with van der Waals surface area (Å²) in [5, 5.41) is 12.7. The van der Waals surface area contributed by atoms with Crippen LogP contribution >= 0.6 is 15.9 Å². The van der Waals surface area contributed by atoms with Crippen molar-refractivity contribution in [2.24, 2.45) is 0 Å². The van der Waals surface area contributed by atoms with Crippen molar-refractivity contribution in [3.05, 3.63) is 477 Å². The Morgan fingerprint density at radius 3 is 0.880 bits per heavy atom. The summed E-state index contributed by atoms with van der Waals surface area (Å²) in [5.41, 5.74) is 31.0. The maximum absolute atomic E-state index is 3.56. The van der Waals surface area contributed by atoms with Gasteiger partial charge in [0, 0.05) is 55.1 Å². The molecule has 0 saturated carbocycles. The zero-order chi connectivity index (χ0) is 78.0. The summed E-state index contributed by atoms with van der Waals surface area (Å²) in [6, 6.07) is 166.